The van der Waals surface area contributed by atoms with Gasteiger partial charge < -0.3 is 28.2 Å². The van der Waals surface area contributed by atoms with Gasteiger partial charge in [0.05, 0.1) is 31.0 Å². The van der Waals surface area contributed by atoms with Crippen LogP contribution in [0.25, 0.3) is 0 Å². The van der Waals surface area contributed by atoms with Crippen LogP contribution < -0.4 is 0 Å². The number of hydrogen-bond donors (Lipinski definition) is 1. The normalized spacial score (nSPS) is 28.1. The van der Waals surface area contributed by atoms with E-state index in [2.05, 4.69) is 127 Å². The number of methoxy groups -OCH3 is 2. The van der Waals surface area contributed by atoms with Gasteiger partial charge in [0.1, 0.15) is 0 Å². The second kappa shape index (κ2) is 15.8. The topological polar surface area (TPSA) is 66.4 Å². The molecule has 1 fully saturated rings. The van der Waals surface area contributed by atoms with Gasteiger partial charge in [-0.1, -0.05) is 103 Å². The van der Waals surface area contributed by atoms with Crippen LogP contribution in [-0.4, -0.2) is 72.8 Å². The van der Waals surface area contributed by atoms with E-state index in [1.54, 1.807) is 14.2 Å². The number of rotatable bonds is 14. The van der Waals surface area contributed by atoms with Gasteiger partial charge in [-0.2, -0.15) is 0 Å². The van der Waals surface area contributed by atoms with Crippen LogP contribution in [0.4, 0.5) is 0 Å². The van der Waals surface area contributed by atoms with Crippen molar-refractivity contribution in [2.24, 2.45) is 17.8 Å². The molecule has 42 heavy (non-hydrogen) atoms. The Morgan fingerprint density at radius 1 is 1.05 bits per heavy atom. The molecular formula is C33H65IO6Si2. The van der Waals surface area contributed by atoms with Gasteiger partial charge in [-0.3, -0.25) is 0 Å². The van der Waals surface area contributed by atoms with E-state index in [4.69, 9.17) is 23.1 Å². The van der Waals surface area contributed by atoms with Gasteiger partial charge in [-0.05, 0) is 53.7 Å². The predicted octanol–water partition coefficient (Wildman–Crippen LogP) is 9.10. The molecule has 0 saturated carbocycles. The monoisotopic (exact) mass is 740 g/mol. The Hall–Kier alpha value is 0.404. The lowest BCUT2D eigenvalue weighted by molar-refractivity contribution is -0.332. The van der Waals surface area contributed by atoms with E-state index >= 15 is 0 Å². The first-order chi connectivity index (χ1) is 19.0. The summed E-state index contributed by atoms with van der Waals surface area (Å²) in [5.41, 5.74) is 1.23. The zero-order chi connectivity index (χ0) is 32.9. The molecule has 0 radical (unpaired) electrons. The van der Waals surface area contributed by atoms with Crippen LogP contribution in [0, 0.1) is 17.8 Å². The van der Waals surface area contributed by atoms with Crippen LogP contribution in [0.2, 0.25) is 36.3 Å². The van der Waals surface area contributed by atoms with Crippen molar-refractivity contribution in [3.05, 3.63) is 21.8 Å². The number of halogens is 1. The van der Waals surface area contributed by atoms with Gasteiger partial charge in [0.2, 0.25) is 0 Å². The second-order valence-electron chi connectivity index (χ2n) is 15.7. The molecule has 0 bridgehead atoms. The summed E-state index contributed by atoms with van der Waals surface area (Å²) in [6, 6.07) is 0. The number of aliphatic hydroxyl groups excluding tert-OH is 1. The molecule has 1 rings (SSSR count). The maximum absolute atomic E-state index is 10.2. The lowest BCUT2D eigenvalue weighted by atomic mass is 9.78. The first kappa shape index (κ1) is 40.4. The molecule has 9 heteroatoms. The molecule has 0 spiro atoms. The molecule has 0 unspecified atom stereocenters. The summed E-state index contributed by atoms with van der Waals surface area (Å²) >= 11 is 2.28. The average molecular weight is 741 g/mol. The molecule has 1 heterocycles. The molecule has 1 aliphatic rings. The minimum atomic E-state index is -2.07. The van der Waals surface area contributed by atoms with Crippen molar-refractivity contribution < 1.29 is 28.2 Å². The van der Waals surface area contributed by atoms with Crippen LogP contribution in [0.5, 0.6) is 0 Å². The zero-order valence-electron chi connectivity index (χ0n) is 29.8. The van der Waals surface area contributed by atoms with Crippen molar-refractivity contribution in [3.63, 3.8) is 0 Å². The van der Waals surface area contributed by atoms with Crippen molar-refractivity contribution in [2.45, 2.75) is 149 Å². The molecule has 1 saturated heterocycles. The summed E-state index contributed by atoms with van der Waals surface area (Å²) in [7, 11) is -0.544. The molecule has 0 aromatic heterocycles. The fourth-order valence-electron chi connectivity index (χ4n) is 5.22. The minimum absolute atomic E-state index is 0.0191. The first-order valence-electron chi connectivity index (χ1n) is 15.7. The molecule has 0 aromatic rings. The van der Waals surface area contributed by atoms with Crippen molar-refractivity contribution in [1.29, 1.82) is 0 Å². The van der Waals surface area contributed by atoms with Gasteiger partial charge >= 0.3 is 0 Å². The predicted molar refractivity (Wildman–Crippen MR) is 190 cm³/mol. The second-order valence-corrected chi connectivity index (χ2v) is 25.9. The van der Waals surface area contributed by atoms with E-state index < -0.39 is 22.4 Å². The highest BCUT2D eigenvalue weighted by Gasteiger charge is 2.53. The lowest BCUT2D eigenvalue weighted by Gasteiger charge is -2.53. The SMILES string of the molecule is CO[C@H](/C=C(\C)C[C@H](/C=C/I)O[Si](C)(C)C(C)(C)C)[C@@H](C)[C@@H]1O[C@](OC)([C@H](C)CO)C[C@H](O[Si](C)(C)C(C)(C)C)[C@H]1C. The third-order valence-corrected chi connectivity index (χ3v) is 19.8. The smallest absolute Gasteiger partial charge is 0.192 e. The molecule has 0 aromatic carbocycles. The molecular weight excluding hydrogens is 675 g/mol. The number of aliphatic hydroxyl groups is 1. The number of hydrogen-bond acceptors (Lipinski definition) is 6. The Kier molecular flexibility index (Phi) is 15.2. The Labute approximate surface area is 275 Å². The highest BCUT2D eigenvalue weighted by atomic mass is 127. The lowest BCUT2D eigenvalue weighted by Crippen LogP contribution is -2.61. The third-order valence-electron chi connectivity index (χ3n) is 10.4. The Morgan fingerprint density at radius 2 is 1.60 bits per heavy atom. The highest BCUT2D eigenvalue weighted by molar-refractivity contribution is 14.1. The van der Waals surface area contributed by atoms with E-state index in [0.717, 1.165) is 6.42 Å². The van der Waals surface area contributed by atoms with Crippen molar-refractivity contribution >= 4 is 39.2 Å². The van der Waals surface area contributed by atoms with Gasteiger partial charge in [0.25, 0.3) is 0 Å². The quantitative estimate of drug-likeness (QED) is 0.109. The minimum Gasteiger partial charge on any atom is -0.413 e. The maximum atomic E-state index is 10.2. The summed E-state index contributed by atoms with van der Waals surface area (Å²) in [6.45, 7) is 31.4. The Balaban J connectivity index is 3.39. The summed E-state index contributed by atoms with van der Waals surface area (Å²) in [6.07, 6.45) is 5.41. The summed E-state index contributed by atoms with van der Waals surface area (Å²) in [4.78, 5) is 0. The zero-order valence-corrected chi connectivity index (χ0v) is 33.9. The average Bonchev–Trinajstić information content (AvgIpc) is 2.86. The fourth-order valence-corrected chi connectivity index (χ4v) is 8.36. The molecule has 1 aliphatic heterocycles. The highest BCUT2D eigenvalue weighted by Crippen LogP contribution is 2.46. The van der Waals surface area contributed by atoms with Gasteiger partial charge in [0, 0.05) is 38.4 Å². The summed E-state index contributed by atoms with van der Waals surface area (Å²) in [5, 5.41) is 10.4. The molecule has 1 N–H and O–H groups in total. The Morgan fingerprint density at radius 3 is 2.02 bits per heavy atom. The number of ether oxygens (including phenoxy) is 3. The van der Waals surface area contributed by atoms with E-state index in [9.17, 15) is 5.11 Å². The van der Waals surface area contributed by atoms with Gasteiger partial charge in [0.15, 0.2) is 22.4 Å². The molecule has 8 atom stereocenters. The van der Waals surface area contributed by atoms with E-state index in [1.165, 1.54) is 5.57 Å². The largest absolute Gasteiger partial charge is 0.413 e. The Bertz CT molecular complexity index is 894. The van der Waals surface area contributed by atoms with Crippen molar-refractivity contribution in [2.75, 3.05) is 20.8 Å². The first-order valence-corrected chi connectivity index (χ1v) is 22.7. The van der Waals surface area contributed by atoms with E-state index in [-0.39, 0.29) is 58.9 Å². The summed E-state index contributed by atoms with van der Waals surface area (Å²) in [5.74, 6) is -1.00. The summed E-state index contributed by atoms with van der Waals surface area (Å²) < 4.78 is 35.0. The van der Waals surface area contributed by atoms with Crippen LogP contribution in [-0.2, 0) is 23.1 Å². The van der Waals surface area contributed by atoms with Crippen LogP contribution in [0.1, 0.15) is 82.1 Å². The molecule has 6 nitrogen and oxygen atoms in total. The van der Waals surface area contributed by atoms with Gasteiger partial charge in [-0.25, -0.2) is 0 Å². The van der Waals surface area contributed by atoms with Crippen molar-refractivity contribution in [3.8, 4) is 0 Å². The van der Waals surface area contributed by atoms with E-state index in [1.807, 2.05) is 6.92 Å². The van der Waals surface area contributed by atoms with Crippen LogP contribution >= 0.6 is 22.6 Å². The van der Waals surface area contributed by atoms with Crippen LogP contribution in [0.3, 0.4) is 0 Å². The van der Waals surface area contributed by atoms with Gasteiger partial charge in [-0.15, -0.1) is 0 Å². The molecule has 0 amide bonds. The van der Waals surface area contributed by atoms with Crippen molar-refractivity contribution in [1.82, 2.24) is 0 Å². The fraction of sp³-hybridized carbons (Fsp3) is 0.879. The standard InChI is InChI=1S/C33H65IO6Si2/c1-23(19-27(17-18-34)39-41(13,14)31(5,6)7)20-28(36-11)25(3)30-26(4)29(40-42(15,16)32(8,9)10)21-33(37-12,38-30)24(2)22-35/h17-18,20,24-30,35H,19,21-22H2,1-16H3/b18-17+,23-20+/t24-,25-,26-,27+,28-,29+,30+,33+/m1/s1. The maximum Gasteiger partial charge on any atom is 0.192 e. The third kappa shape index (κ3) is 10.2. The van der Waals surface area contributed by atoms with E-state index in [0.29, 0.717) is 6.42 Å². The molecule has 0 aliphatic carbocycles. The van der Waals surface area contributed by atoms with Crippen LogP contribution in [0.15, 0.2) is 21.8 Å². The molecule has 248 valence electrons.